The molecule has 0 atom stereocenters. The molecule has 0 radical (unpaired) electrons. The van der Waals surface area contributed by atoms with Gasteiger partial charge in [-0.3, -0.25) is 4.79 Å². The van der Waals surface area contributed by atoms with Crippen molar-refractivity contribution in [2.45, 2.75) is 25.3 Å². The molecule has 5 heteroatoms. The van der Waals surface area contributed by atoms with Gasteiger partial charge in [0.1, 0.15) is 5.54 Å². The first-order valence-corrected chi connectivity index (χ1v) is 7.02. The lowest BCUT2D eigenvalue weighted by Gasteiger charge is -2.36. The monoisotopic (exact) mass is 291 g/mol. The van der Waals surface area contributed by atoms with Crippen molar-refractivity contribution in [2.75, 3.05) is 20.1 Å². The topological polar surface area (TPSA) is 56.1 Å². The van der Waals surface area contributed by atoms with E-state index in [9.17, 15) is 10.1 Å². The first-order valence-electron chi connectivity index (χ1n) is 6.64. The number of amides is 1. The van der Waals surface area contributed by atoms with Gasteiger partial charge in [0.05, 0.1) is 16.7 Å². The Morgan fingerprint density at radius 2 is 2.10 bits per heavy atom. The van der Waals surface area contributed by atoms with Crippen LogP contribution < -0.4 is 5.32 Å². The number of hydrogen-bond acceptors (Lipinski definition) is 3. The van der Waals surface area contributed by atoms with Crippen LogP contribution in [0, 0.1) is 18.3 Å². The number of nitrogens with zero attached hydrogens (tertiary/aromatic N) is 2. The molecule has 1 aromatic rings. The molecule has 0 spiro atoms. The quantitative estimate of drug-likeness (QED) is 0.910. The molecule has 20 heavy (non-hydrogen) atoms. The highest BCUT2D eigenvalue weighted by Crippen LogP contribution is 2.23. The standard InChI is InChI=1S/C15H18ClN3O/c1-11-3-4-12(13(16)9-11)14(20)18-15(10-17)5-7-19(2)8-6-15/h3-4,9H,5-8H2,1-2H3,(H,18,20). The molecule has 1 amide bonds. The molecule has 0 aromatic heterocycles. The summed E-state index contributed by atoms with van der Waals surface area (Å²) < 4.78 is 0. The number of nitrogens with one attached hydrogen (secondary N) is 1. The second-order valence-electron chi connectivity index (χ2n) is 5.43. The predicted molar refractivity (Wildman–Crippen MR) is 78.7 cm³/mol. The van der Waals surface area contributed by atoms with E-state index in [2.05, 4.69) is 16.3 Å². The fraction of sp³-hybridized carbons (Fsp3) is 0.467. The molecule has 1 aliphatic heterocycles. The molecular formula is C15H18ClN3O. The lowest BCUT2D eigenvalue weighted by Crippen LogP contribution is -2.53. The number of benzene rings is 1. The molecule has 0 bridgehead atoms. The van der Waals surface area contributed by atoms with E-state index in [1.54, 1.807) is 12.1 Å². The molecule has 1 aliphatic rings. The van der Waals surface area contributed by atoms with Gasteiger partial charge in [-0.1, -0.05) is 17.7 Å². The first kappa shape index (κ1) is 14.8. The van der Waals surface area contributed by atoms with Crippen molar-refractivity contribution in [3.8, 4) is 6.07 Å². The van der Waals surface area contributed by atoms with Gasteiger partial charge in [0.2, 0.25) is 0 Å². The summed E-state index contributed by atoms with van der Waals surface area (Å²) in [4.78, 5) is 14.5. The largest absolute Gasteiger partial charge is 0.334 e. The SMILES string of the molecule is Cc1ccc(C(=O)NC2(C#N)CCN(C)CC2)c(Cl)c1. The molecule has 4 nitrogen and oxygen atoms in total. The Bertz CT molecular complexity index is 557. The van der Waals surface area contributed by atoms with E-state index < -0.39 is 5.54 Å². The van der Waals surface area contributed by atoms with Crippen LogP contribution in [0.25, 0.3) is 0 Å². The van der Waals surface area contributed by atoms with Crippen molar-refractivity contribution in [2.24, 2.45) is 0 Å². The summed E-state index contributed by atoms with van der Waals surface area (Å²) in [5.74, 6) is -0.277. The summed E-state index contributed by atoms with van der Waals surface area (Å²) in [5.41, 5.74) is 0.643. The molecule has 106 valence electrons. The van der Waals surface area contributed by atoms with Crippen LogP contribution in [-0.4, -0.2) is 36.5 Å². The fourth-order valence-electron chi connectivity index (χ4n) is 2.35. The molecule has 1 aromatic carbocycles. The third-order valence-corrected chi connectivity index (χ3v) is 4.09. The minimum Gasteiger partial charge on any atom is -0.334 e. The van der Waals surface area contributed by atoms with Gasteiger partial charge in [0.25, 0.3) is 5.91 Å². The number of hydrogen-bond donors (Lipinski definition) is 1. The molecule has 0 saturated carbocycles. The van der Waals surface area contributed by atoms with E-state index >= 15 is 0 Å². The minimum atomic E-state index is -0.780. The van der Waals surface area contributed by atoms with Gasteiger partial charge in [-0.25, -0.2) is 0 Å². The Morgan fingerprint density at radius 3 is 2.65 bits per heavy atom. The lowest BCUT2D eigenvalue weighted by molar-refractivity contribution is 0.0882. The Kier molecular flexibility index (Phi) is 4.32. The summed E-state index contributed by atoms with van der Waals surface area (Å²) in [6.07, 6.45) is 1.27. The van der Waals surface area contributed by atoms with Gasteiger partial charge in [0, 0.05) is 13.1 Å². The molecule has 1 heterocycles. The van der Waals surface area contributed by atoms with Gasteiger partial charge < -0.3 is 10.2 Å². The summed E-state index contributed by atoms with van der Waals surface area (Å²) in [7, 11) is 2.01. The Labute approximate surface area is 124 Å². The van der Waals surface area contributed by atoms with Gasteiger partial charge >= 0.3 is 0 Å². The predicted octanol–water partition coefficient (Wildman–Crippen LogP) is 2.37. The summed E-state index contributed by atoms with van der Waals surface area (Å²) in [6, 6.07) is 7.57. The van der Waals surface area contributed by atoms with Gasteiger partial charge in [-0.15, -0.1) is 0 Å². The molecular weight excluding hydrogens is 274 g/mol. The highest BCUT2D eigenvalue weighted by molar-refractivity contribution is 6.33. The molecule has 0 aliphatic carbocycles. The third kappa shape index (κ3) is 3.12. The number of carbonyl (C=O) groups excluding carboxylic acids is 1. The highest BCUT2D eigenvalue weighted by atomic mass is 35.5. The number of halogens is 1. The van der Waals surface area contributed by atoms with Crippen LogP contribution in [0.3, 0.4) is 0 Å². The average molecular weight is 292 g/mol. The zero-order valence-electron chi connectivity index (χ0n) is 11.7. The van der Waals surface area contributed by atoms with Crippen molar-refractivity contribution < 1.29 is 4.79 Å². The fourth-order valence-corrected chi connectivity index (χ4v) is 2.67. The Balaban J connectivity index is 2.16. The number of aryl methyl sites for hydroxylation is 1. The van der Waals surface area contributed by atoms with Crippen molar-refractivity contribution in [3.05, 3.63) is 34.3 Å². The number of rotatable bonds is 2. The van der Waals surface area contributed by atoms with Crippen molar-refractivity contribution in [1.82, 2.24) is 10.2 Å². The molecule has 1 saturated heterocycles. The highest BCUT2D eigenvalue weighted by Gasteiger charge is 2.35. The van der Waals surface area contributed by atoms with E-state index in [0.717, 1.165) is 18.7 Å². The number of carbonyl (C=O) groups is 1. The summed E-state index contributed by atoms with van der Waals surface area (Å²) in [6.45, 7) is 3.52. The van der Waals surface area contributed by atoms with E-state index in [1.165, 1.54) is 0 Å². The summed E-state index contributed by atoms with van der Waals surface area (Å²) >= 11 is 6.10. The maximum atomic E-state index is 12.3. The number of piperidine rings is 1. The van der Waals surface area contributed by atoms with Crippen LogP contribution in [0.4, 0.5) is 0 Å². The van der Waals surface area contributed by atoms with E-state index in [4.69, 9.17) is 11.6 Å². The van der Waals surface area contributed by atoms with Crippen LogP contribution in [0.5, 0.6) is 0 Å². The zero-order valence-corrected chi connectivity index (χ0v) is 12.5. The first-order chi connectivity index (χ1) is 9.46. The maximum Gasteiger partial charge on any atom is 0.254 e. The lowest BCUT2D eigenvalue weighted by atomic mass is 9.89. The normalized spacial score (nSPS) is 18.3. The van der Waals surface area contributed by atoms with Crippen LogP contribution >= 0.6 is 11.6 Å². The second-order valence-corrected chi connectivity index (χ2v) is 5.84. The van der Waals surface area contributed by atoms with Crippen LogP contribution in [0.15, 0.2) is 18.2 Å². The Morgan fingerprint density at radius 1 is 1.45 bits per heavy atom. The van der Waals surface area contributed by atoms with Gasteiger partial charge in [-0.2, -0.15) is 5.26 Å². The van der Waals surface area contributed by atoms with E-state index in [-0.39, 0.29) is 5.91 Å². The van der Waals surface area contributed by atoms with Gasteiger partial charge in [0.15, 0.2) is 0 Å². The smallest absolute Gasteiger partial charge is 0.254 e. The zero-order chi connectivity index (χ0) is 14.8. The van der Waals surface area contributed by atoms with Crippen molar-refractivity contribution in [1.29, 1.82) is 5.26 Å². The van der Waals surface area contributed by atoms with E-state index in [0.29, 0.717) is 23.4 Å². The Hall–Kier alpha value is -1.57. The van der Waals surface area contributed by atoms with Crippen molar-refractivity contribution >= 4 is 17.5 Å². The number of nitriles is 1. The third-order valence-electron chi connectivity index (χ3n) is 3.78. The average Bonchev–Trinajstić information content (AvgIpc) is 2.41. The number of likely N-dealkylation sites (tertiary alicyclic amines) is 1. The second kappa shape index (κ2) is 5.82. The van der Waals surface area contributed by atoms with Crippen molar-refractivity contribution in [3.63, 3.8) is 0 Å². The maximum absolute atomic E-state index is 12.3. The van der Waals surface area contributed by atoms with Crippen LogP contribution in [0.1, 0.15) is 28.8 Å². The van der Waals surface area contributed by atoms with Gasteiger partial charge in [-0.05, 0) is 44.5 Å². The minimum absolute atomic E-state index is 0.277. The molecule has 1 N–H and O–H groups in total. The molecule has 1 fully saturated rings. The van der Waals surface area contributed by atoms with Crippen LogP contribution in [-0.2, 0) is 0 Å². The summed E-state index contributed by atoms with van der Waals surface area (Å²) in [5, 5.41) is 12.7. The molecule has 0 unspecified atom stereocenters. The van der Waals surface area contributed by atoms with E-state index in [1.807, 2.05) is 20.0 Å². The molecule has 2 rings (SSSR count). The van der Waals surface area contributed by atoms with Crippen LogP contribution in [0.2, 0.25) is 5.02 Å².